The van der Waals surface area contributed by atoms with Crippen molar-refractivity contribution < 1.29 is 4.74 Å². The van der Waals surface area contributed by atoms with Crippen molar-refractivity contribution >= 4 is 21.4 Å². The van der Waals surface area contributed by atoms with Crippen molar-refractivity contribution in [2.75, 3.05) is 18.6 Å². The Morgan fingerprint density at radius 2 is 2.21 bits per heavy atom. The molecular weight excluding hydrogens is 324 g/mol. The number of anilines is 1. The van der Waals surface area contributed by atoms with Crippen molar-refractivity contribution in [2.45, 2.75) is 57.6 Å². The molecule has 0 aliphatic heterocycles. The van der Waals surface area contributed by atoms with Gasteiger partial charge in [0, 0.05) is 37.4 Å². The van der Waals surface area contributed by atoms with Crippen molar-refractivity contribution in [3.8, 4) is 0 Å². The third kappa shape index (κ3) is 2.37. The number of aromatic nitrogens is 3. The van der Waals surface area contributed by atoms with Gasteiger partial charge in [-0.1, -0.05) is 30.6 Å². The second kappa shape index (κ2) is 6.11. The third-order valence-electron chi connectivity index (χ3n) is 5.82. The minimum atomic E-state index is -0.121. The Bertz CT molecular complexity index is 780. The summed E-state index contributed by atoms with van der Waals surface area (Å²) in [6.07, 6.45) is 9.33. The van der Waals surface area contributed by atoms with Crippen molar-refractivity contribution in [1.29, 1.82) is 0 Å². The van der Waals surface area contributed by atoms with E-state index in [0.717, 1.165) is 18.2 Å². The molecule has 0 radical (unpaired) electrons. The molecule has 2 saturated carbocycles. The van der Waals surface area contributed by atoms with E-state index in [-0.39, 0.29) is 11.0 Å². The topological polar surface area (TPSA) is 59.7 Å². The van der Waals surface area contributed by atoms with Gasteiger partial charge in [0.2, 0.25) is 10.1 Å². The molecule has 0 bridgehead atoms. The molecule has 6 nitrogen and oxygen atoms in total. The molecule has 130 valence electrons. The van der Waals surface area contributed by atoms with Crippen LogP contribution in [0.15, 0.2) is 17.1 Å². The zero-order valence-electron chi connectivity index (χ0n) is 14.3. The van der Waals surface area contributed by atoms with Crippen LogP contribution in [-0.2, 0) is 4.74 Å². The molecule has 2 fully saturated rings. The average molecular weight is 348 g/mol. The highest BCUT2D eigenvalue weighted by atomic mass is 32.1. The van der Waals surface area contributed by atoms with Gasteiger partial charge < -0.3 is 9.64 Å². The maximum Gasteiger partial charge on any atom is 0.275 e. The van der Waals surface area contributed by atoms with Crippen LogP contribution in [0.5, 0.6) is 0 Å². The van der Waals surface area contributed by atoms with Gasteiger partial charge in [0.05, 0.1) is 6.10 Å². The number of fused-ring (bicyclic) bond motifs is 1. The summed E-state index contributed by atoms with van der Waals surface area (Å²) >= 11 is 1.48. The van der Waals surface area contributed by atoms with Crippen molar-refractivity contribution in [2.24, 2.45) is 5.41 Å². The van der Waals surface area contributed by atoms with Crippen molar-refractivity contribution in [3.63, 3.8) is 0 Å². The van der Waals surface area contributed by atoms with E-state index in [9.17, 15) is 4.79 Å². The molecule has 4 rings (SSSR count). The summed E-state index contributed by atoms with van der Waals surface area (Å²) < 4.78 is 7.46. The Hall–Kier alpha value is -1.47. The quantitative estimate of drug-likeness (QED) is 0.850. The second-order valence-electron chi connectivity index (χ2n) is 6.96. The molecule has 2 heterocycles. The number of hydrogen-bond acceptors (Lipinski definition) is 6. The van der Waals surface area contributed by atoms with E-state index in [0.29, 0.717) is 17.1 Å². The maximum atomic E-state index is 11.9. The zero-order valence-corrected chi connectivity index (χ0v) is 15.1. The summed E-state index contributed by atoms with van der Waals surface area (Å²) in [5.41, 5.74) is 0.128. The van der Waals surface area contributed by atoms with E-state index >= 15 is 0 Å². The predicted molar refractivity (Wildman–Crippen MR) is 94.9 cm³/mol. The first kappa shape index (κ1) is 16.0. The van der Waals surface area contributed by atoms with Gasteiger partial charge in [0.25, 0.3) is 5.56 Å². The van der Waals surface area contributed by atoms with Gasteiger partial charge in [-0.3, -0.25) is 4.79 Å². The summed E-state index contributed by atoms with van der Waals surface area (Å²) in [6, 6.07) is 1.89. The van der Waals surface area contributed by atoms with Crippen LogP contribution in [0.25, 0.3) is 4.96 Å². The van der Waals surface area contributed by atoms with E-state index in [1.807, 2.05) is 0 Å². The summed E-state index contributed by atoms with van der Waals surface area (Å²) in [6.45, 7) is 2.86. The molecule has 7 heteroatoms. The van der Waals surface area contributed by atoms with Crippen LogP contribution in [0.4, 0.5) is 5.13 Å². The number of hydrogen-bond donors (Lipinski definition) is 0. The fraction of sp³-hybridized carbons (Fsp3) is 0.706. The molecule has 0 amide bonds. The predicted octanol–water partition coefficient (Wildman–Crippen LogP) is 2.72. The maximum absolute atomic E-state index is 11.9. The Morgan fingerprint density at radius 3 is 2.92 bits per heavy atom. The van der Waals surface area contributed by atoms with Gasteiger partial charge in [-0.05, 0) is 26.2 Å². The van der Waals surface area contributed by atoms with Gasteiger partial charge in [-0.15, -0.1) is 5.10 Å². The fourth-order valence-corrected chi connectivity index (χ4v) is 5.47. The first-order valence-electron chi connectivity index (χ1n) is 8.85. The summed E-state index contributed by atoms with van der Waals surface area (Å²) in [5.74, 6) is 0. The molecule has 0 N–H and O–H groups in total. The Labute approximate surface area is 145 Å². The highest BCUT2D eigenvalue weighted by Gasteiger charge is 2.57. The standard InChI is InChI=1S/C17H24N4O2S/c1-3-23-13-11-12(17(13)8-5-4-6-9-17)20(2)16-19-21-14(22)7-10-18-15(21)24-16/h7,10,12-13H,3-6,8-9,11H2,1-2H3. The lowest BCUT2D eigenvalue weighted by molar-refractivity contribution is -0.141. The van der Waals surface area contributed by atoms with Gasteiger partial charge >= 0.3 is 0 Å². The highest BCUT2D eigenvalue weighted by Crippen LogP contribution is 2.55. The van der Waals surface area contributed by atoms with Gasteiger partial charge in [-0.2, -0.15) is 4.52 Å². The van der Waals surface area contributed by atoms with E-state index in [2.05, 4.69) is 29.0 Å². The largest absolute Gasteiger partial charge is 0.378 e. The molecule has 2 aromatic rings. The molecule has 2 aromatic heterocycles. The lowest BCUT2D eigenvalue weighted by Crippen LogP contribution is -2.65. The molecule has 2 aliphatic rings. The fourth-order valence-electron chi connectivity index (χ4n) is 4.58. The molecule has 2 aliphatic carbocycles. The van der Waals surface area contributed by atoms with Crippen molar-refractivity contribution in [3.05, 3.63) is 22.6 Å². The van der Waals surface area contributed by atoms with Crippen LogP contribution in [0.2, 0.25) is 0 Å². The molecule has 24 heavy (non-hydrogen) atoms. The molecule has 0 aromatic carbocycles. The zero-order chi connectivity index (χ0) is 16.7. The molecular formula is C17H24N4O2S. The molecule has 0 saturated heterocycles. The van der Waals surface area contributed by atoms with E-state index < -0.39 is 0 Å². The van der Waals surface area contributed by atoms with Gasteiger partial charge in [0.1, 0.15) is 0 Å². The number of rotatable bonds is 4. The Kier molecular flexibility index (Phi) is 4.08. The summed E-state index contributed by atoms with van der Waals surface area (Å²) in [5, 5.41) is 5.38. The second-order valence-corrected chi connectivity index (χ2v) is 7.90. The summed E-state index contributed by atoms with van der Waals surface area (Å²) in [7, 11) is 2.10. The van der Waals surface area contributed by atoms with E-state index in [4.69, 9.17) is 4.74 Å². The summed E-state index contributed by atoms with van der Waals surface area (Å²) in [4.78, 5) is 19.1. The van der Waals surface area contributed by atoms with E-state index in [1.54, 1.807) is 6.20 Å². The van der Waals surface area contributed by atoms with Gasteiger partial charge in [0.15, 0.2) is 0 Å². The van der Waals surface area contributed by atoms with E-state index in [1.165, 1.54) is 54.0 Å². The SMILES string of the molecule is CCOC1CC(N(C)c2nn3c(=O)ccnc3s2)C12CCCCC2. The Balaban J connectivity index is 1.64. The minimum absolute atomic E-state index is 0.121. The van der Waals surface area contributed by atoms with Crippen LogP contribution < -0.4 is 10.5 Å². The van der Waals surface area contributed by atoms with Crippen LogP contribution in [0, 0.1) is 5.41 Å². The van der Waals surface area contributed by atoms with Crippen LogP contribution in [0.3, 0.4) is 0 Å². The molecule has 1 spiro atoms. The number of ether oxygens (including phenoxy) is 1. The average Bonchev–Trinajstić information content (AvgIpc) is 3.04. The highest BCUT2D eigenvalue weighted by molar-refractivity contribution is 7.20. The monoisotopic (exact) mass is 348 g/mol. The third-order valence-corrected chi connectivity index (χ3v) is 6.84. The van der Waals surface area contributed by atoms with Crippen molar-refractivity contribution in [1.82, 2.24) is 14.6 Å². The smallest absolute Gasteiger partial charge is 0.275 e. The van der Waals surface area contributed by atoms with Gasteiger partial charge in [-0.25, -0.2) is 4.98 Å². The first-order valence-corrected chi connectivity index (χ1v) is 9.66. The first-order chi connectivity index (χ1) is 11.7. The molecule has 2 unspecified atom stereocenters. The van der Waals surface area contributed by atoms with Crippen LogP contribution >= 0.6 is 11.3 Å². The minimum Gasteiger partial charge on any atom is -0.378 e. The lowest BCUT2D eigenvalue weighted by Gasteiger charge is -2.60. The number of nitrogens with zero attached hydrogens (tertiary/aromatic N) is 4. The van der Waals surface area contributed by atoms with Crippen LogP contribution in [0.1, 0.15) is 45.4 Å². The lowest BCUT2D eigenvalue weighted by atomic mass is 9.54. The molecule has 2 atom stereocenters. The Morgan fingerprint density at radius 1 is 1.42 bits per heavy atom. The normalized spacial score (nSPS) is 25.8. The van der Waals surface area contributed by atoms with Crippen LogP contribution in [-0.4, -0.2) is 40.4 Å².